The second-order valence-electron chi connectivity index (χ2n) is 4.95. The lowest BCUT2D eigenvalue weighted by atomic mass is 10.1. The van der Waals surface area contributed by atoms with E-state index in [1.807, 2.05) is 0 Å². The first-order chi connectivity index (χ1) is 10.6. The zero-order chi connectivity index (χ0) is 17.4. The average Bonchev–Trinajstić information content (AvgIpc) is 2.35. The molecule has 1 heterocycles. The molecule has 2 amide bonds. The van der Waals surface area contributed by atoms with Crippen LogP contribution in [0.4, 0.5) is 8.78 Å². The molecule has 7 nitrogen and oxygen atoms in total. The Labute approximate surface area is 128 Å². The SMILES string of the molecule is CC1(C)OC(=O)C(C(=O)NC(=O)c2c(F)cccc2F)=C(O)O1. The van der Waals surface area contributed by atoms with E-state index in [1.54, 1.807) is 5.32 Å². The maximum Gasteiger partial charge on any atom is 0.354 e. The van der Waals surface area contributed by atoms with Crippen molar-refractivity contribution >= 4 is 17.8 Å². The maximum absolute atomic E-state index is 13.5. The molecule has 9 heteroatoms. The van der Waals surface area contributed by atoms with Crippen molar-refractivity contribution in [3.63, 3.8) is 0 Å². The van der Waals surface area contributed by atoms with Crippen molar-refractivity contribution in [2.75, 3.05) is 0 Å². The lowest BCUT2D eigenvalue weighted by Crippen LogP contribution is -2.43. The number of carbonyl (C=O) groups is 3. The van der Waals surface area contributed by atoms with E-state index in [-0.39, 0.29) is 0 Å². The number of halogens is 2. The number of aliphatic hydroxyl groups excluding tert-OH is 1. The van der Waals surface area contributed by atoms with Gasteiger partial charge in [-0.05, 0) is 12.1 Å². The van der Waals surface area contributed by atoms with E-state index in [1.165, 1.54) is 13.8 Å². The van der Waals surface area contributed by atoms with Gasteiger partial charge in [-0.1, -0.05) is 6.07 Å². The van der Waals surface area contributed by atoms with Crippen LogP contribution in [0.3, 0.4) is 0 Å². The predicted octanol–water partition coefficient (Wildman–Crippen LogP) is 1.30. The zero-order valence-corrected chi connectivity index (χ0v) is 12.0. The molecule has 0 atom stereocenters. The molecule has 2 rings (SSSR count). The number of rotatable bonds is 2. The molecule has 0 spiro atoms. The van der Waals surface area contributed by atoms with Gasteiger partial charge in [0.2, 0.25) is 5.57 Å². The average molecular weight is 327 g/mol. The van der Waals surface area contributed by atoms with Crippen molar-refractivity contribution in [1.29, 1.82) is 0 Å². The van der Waals surface area contributed by atoms with Crippen LogP contribution in [0.25, 0.3) is 0 Å². The Morgan fingerprint density at radius 3 is 2.22 bits per heavy atom. The second kappa shape index (κ2) is 5.67. The largest absolute Gasteiger partial charge is 0.480 e. The van der Waals surface area contributed by atoms with Crippen molar-refractivity contribution in [1.82, 2.24) is 5.32 Å². The minimum Gasteiger partial charge on any atom is -0.480 e. The first kappa shape index (κ1) is 16.4. The number of esters is 1. The summed E-state index contributed by atoms with van der Waals surface area (Å²) in [6, 6.07) is 2.67. The Morgan fingerprint density at radius 2 is 1.70 bits per heavy atom. The topological polar surface area (TPSA) is 102 Å². The van der Waals surface area contributed by atoms with Gasteiger partial charge in [0.25, 0.3) is 17.6 Å². The number of carbonyl (C=O) groups excluding carboxylic acids is 3. The van der Waals surface area contributed by atoms with Crippen molar-refractivity contribution in [3.8, 4) is 0 Å². The maximum atomic E-state index is 13.5. The van der Waals surface area contributed by atoms with Gasteiger partial charge in [0.15, 0.2) is 0 Å². The van der Waals surface area contributed by atoms with Crippen LogP contribution < -0.4 is 5.32 Å². The number of nitrogens with one attached hydrogen (secondary N) is 1. The third kappa shape index (κ3) is 3.28. The van der Waals surface area contributed by atoms with Gasteiger partial charge in [-0.15, -0.1) is 0 Å². The van der Waals surface area contributed by atoms with E-state index in [2.05, 4.69) is 0 Å². The third-order valence-corrected chi connectivity index (χ3v) is 2.74. The molecule has 0 saturated heterocycles. The van der Waals surface area contributed by atoms with Crippen molar-refractivity contribution < 1.29 is 37.7 Å². The molecule has 1 aliphatic heterocycles. The summed E-state index contributed by atoms with van der Waals surface area (Å²) in [5, 5.41) is 11.2. The third-order valence-electron chi connectivity index (χ3n) is 2.74. The molecule has 0 saturated carbocycles. The Balaban J connectivity index is 2.26. The van der Waals surface area contributed by atoms with Gasteiger partial charge in [-0.2, -0.15) is 0 Å². The number of aliphatic hydroxyl groups is 1. The highest BCUT2D eigenvalue weighted by Crippen LogP contribution is 2.25. The number of imide groups is 1. The van der Waals surface area contributed by atoms with E-state index in [0.717, 1.165) is 18.2 Å². The fraction of sp³-hybridized carbons (Fsp3) is 0.214. The summed E-state index contributed by atoms with van der Waals surface area (Å²) < 4.78 is 36.4. The molecule has 2 N–H and O–H groups in total. The summed E-state index contributed by atoms with van der Waals surface area (Å²) in [7, 11) is 0. The second-order valence-corrected chi connectivity index (χ2v) is 4.95. The van der Waals surface area contributed by atoms with Gasteiger partial charge in [0, 0.05) is 13.8 Å². The normalized spacial score (nSPS) is 16.4. The summed E-state index contributed by atoms with van der Waals surface area (Å²) in [5.74, 6) is -9.07. The summed E-state index contributed by atoms with van der Waals surface area (Å²) in [6.07, 6.45) is 0. The highest BCUT2D eigenvalue weighted by atomic mass is 19.1. The van der Waals surface area contributed by atoms with Gasteiger partial charge in [-0.3, -0.25) is 14.9 Å². The number of hydrogen-bond donors (Lipinski definition) is 2. The first-order valence-electron chi connectivity index (χ1n) is 6.27. The molecule has 0 fully saturated rings. The van der Waals surface area contributed by atoms with Gasteiger partial charge in [-0.25, -0.2) is 13.6 Å². The van der Waals surface area contributed by atoms with Crippen LogP contribution in [0.2, 0.25) is 0 Å². The fourth-order valence-corrected chi connectivity index (χ4v) is 1.80. The summed E-state index contributed by atoms with van der Waals surface area (Å²) in [5.41, 5.74) is -2.00. The smallest absolute Gasteiger partial charge is 0.354 e. The molecule has 0 unspecified atom stereocenters. The molecule has 23 heavy (non-hydrogen) atoms. The van der Waals surface area contributed by atoms with Gasteiger partial charge >= 0.3 is 11.9 Å². The molecule has 1 aromatic carbocycles. The summed E-state index contributed by atoms with van der Waals surface area (Å²) in [6.45, 7) is 2.60. The minimum atomic E-state index is -1.51. The molecular weight excluding hydrogens is 316 g/mol. The van der Waals surface area contributed by atoms with Crippen LogP contribution in [0.15, 0.2) is 29.7 Å². The van der Waals surface area contributed by atoms with Gasteiger partial charge in [0.05, 0.1) is 0 Å². The number of amides is 2. The molecule has 0 radical (unpaired) electrons. The molecule has 1 aliphatic rings. The Bertz CT molecular complexity index is 721. The molecule has 0 aromatic heterocycles. The molecular formula is C14H11F2NO6. The standard InChI is InChI=1S/C14H11F2NO6/c1-14(2)22-12(20)9(13(21)23-14)11(19)17-10(18)8-6(15)4-3-5-7(8)16/h3-5,20H,1-2H3,(H,17,18,19). The fourth-order valence-electron chi connectivity index (χ4n) is 1.80. The van der Waals surface area contributed by atoms with Crippen molar-refractivity contribution in [3.05, 3.63) is 46.9 Å². The number of cyclic esters (lactones) is 1. The number of benzene rings is 1. The zero-order valence-electron chi connectivity index (χ0n) is 12.0. The van der Waals surface area contributed by atoms with Crippen molar-refractivity contribution in [2.24, 2.45) is 0 Å². The van der Waals surface area contributed by atoms with Crippen LogP contribution in [-0.4, -0.2) is 28.7 Å². The Hall–Kier alpha value is -2.97. The van der Waals surface area contributed by atoms with Crippen molar-refractivity contribution in [2.45, 2.75) is 19.6 Å². The summed E-state index contributed by atoms with van der Waals surface area (Å²) >= 11 is 0. The Morgan fingerprint density at radius 1 is 1.13 bits per heavy atom. The van der Waals surface area contributed by atoms with Gasteiger partial charge in [0.1, 0.15) is 17.2 Å². The minimum absolute atomic E-state index is 0.819. The first-order valence-corrected chi connectivity index (χ1v) is 6.27. The van der Waals surface area contributed by atoms with E-state index in [4.69, 9.17) is 9.47 Å². The number of hydrogen-bond acceptors (Lipinski definition) is 6. The number of ether oxygens (including phenoxy) is 2. The van der Waals surface area contributed by atoms with Crippen LogP contribution in [-0.2, 0) is 19.1 Å². The quantitative estimate of drug-likeness (QED) is 0.482. The van der Waals surface area contributed by atoms with E-state index >= 15 is 0 Å². The molecule has 122 valence electrons. The monoisotopic (exact) mass is 327 g/mol. The highest BCUT2D eigenvalue weighted by Gasteiger charge is 2.40. The van der Waals surface area contributed by atoms with E-state index in [9.17, 15) is 28.3 Å². The lowest BCUT2D eigenvalue weighted by molar-refractivity contribution is -0.221. The molecule has 1 aromatic rings. The lowest BCUT2D eigenvalue weighted by Gasteiger charge is -2.30. The van der Waals surface area contributed by atoms with Crippen LogP contribution in [0.5, 0.6) is 0 Å². The Kier molecular flexibility index (Phi) is 4.04. The van der Waals surface area contributed by atoms with Crippen LogP contribution in [0, 0.1) is 11.6 Å². The van der Waals surface area contributed by atoms with E-state index in [0.29, 0.717) is 0 Å². The summed E-state index contributed by atoms with van der Waals surface area (Å²) in [4.78, 5) is 35.3. The van der Waals surface area contributed by atoms with E-state index < -0.39 is 52.3 Å². The van der Waals surface area contributed by atoms with Gasteiger partial charge < -0.3 is 14.6 Å². The predicted molar refractivity (Wildman–Crippen MR) is 69.7 cm³/mol. The van der Waals surface area contributed by atoms with Crippen LogP contribution >= 0.6 is 0 Å². The highest BCUT2D eigenvalue weighted by molar-refractivity contribution is 6.22. The van der Waals surface area contributed by atoms with Crippen LogP contribution in [0.1, 0.15) is 24.2 Å². The molecule has 0 aliphatic carbocycles. The molecule has 0 bridgehead atoms.